The van der Waals surface area contributed by atoms with Crippen molar-refractivity contribution in [3.63, 3.8) is 0 Å². The molecule has 3 nitrogen and oxygen atoms in total. The van der Waals surface area contributed by atoms with Gasteiger partial charge in [-0.15, -0.1) is 0 Å². The molecule has 84 valence electrons. The summed E-state index contributed by atoms with van der Waals surface area (Å²) in [6.45, 7) is 10.6. The first-order valence-electron chi connectivity index (χ1n) is 5.53. The van der Waals surface area contributed by atoms with E-state index in [4.69, 9.17) is 0 Å². The zero-order valence-corrected chi connectivity index (χ0v) is 10.5. The molecule has 0 spiro atoms. The monoisotopic (exact) mass is 207 g/mol. The molecular formula is C12H21N3. The van der Waals surface area contributed by atoms with E-state index >= 15 is 0 Å². The van der Waals surface area contributed by atoms with E-state index < -0.39 is 0 Å². The number of aryl methyl sites for hydroxylation is 1. The number of nitrogens with one attached hydrogen (secondary N) is 1. The van der Waals surface area contributed by atoms with Crippen molar-refractivity contribution in [3.8, 4) is 0 Å². The van der Waals surface area contributed by atoms with Gasteiger partial charge in [0.05, 0.1) is 0 Å². The highest BCUT2D eigenvalue weighted by molar-refractivity contribution is 5.48. The molecule has 3 heteroatoms. The number of aromatic nitrogens is 2. The topological polar surface area (TPSA) is 37.8 Å². The Balaban J connectivity index is 3.31. The zero-order valence-electron chi connectivity index (χ0n) is 10.5. The highest BCUT2D eigenvalue weighted by Crippen LogP contribution is 2.26. The molecule has 0 saturated carbocycles. The van der Waals surface area contributed by atoms with Crippen molar-refractivity contribution in [2.45, 2.75) is 46.5 Å². The lowest BCUT2D eigenvalue weighted by Gasteiger charge is -2.16. The second-order valence-corrected chi connectivity index (χ2v) is 4.49. The maximum absolute atomic E-state index is 4.55. The molecule has 0 bridgehead atoms. The molecule has 0 aliphatic rings. The number of hydrogen-bond acceptors (Lipinski definition) is 3. The van der Waals surface area contributed by atoms with Crippen molar-refractivity contribution in [1.82, 2.24) is 9.97 Å². The van der Waals surface area contributed by atoms with E-state index in [0.717, 1.165) is 17.3 Å². The third-order valence-electron chi connectivity index (χ3n) is 2.48. The predicted molar refractivity (Wildman–Crippen MR) is 64.5 cm³/mol. The summed E-state index contributed by atoms with van der Waals surface area (Å²) >= 11 is 0. The largest absolute Gasteiger partial charge is 0.373 e. The molecule has 1 rings (SSSR count). The molecule has 0 aliphatic heterocycles. The van der Waals surface area contributed by atoms with Crippen molar-refractivity contribution in [1.29, 1.82) is 0 Å². The fourth-order valence-corrected chi connectivity index (χ4v) is 1.74. The van der Waals surface area contributed by atoms with Crippen LogP contribution in [0.2, 0.25) is 0 Å². The number of nitrogens with zero attached hydrogens (tertiary/aromatic N) is 2. The van der Waals surface area contributed by atoms with Crippen molar-refractivity contribution >= 4 is 5.82 Å². The molecule has 0 atom stereocenters. The second kappa shape index (κ2) is 4.60. The summed E-state index contributed by atoms with van der Waals surface area (Å²) in [7, 11) is 1.91. The van der Waals surface area contributed by atoms with E-state index in [1.807, 2.05) is 7.05 Å². The molecule has 1 heterocycles. The van der Waals surface area contributed by atoms with Gasteiger partial charge in [0.25, 0.3) is 0 Å². The summed E-state index contributed by atoms with van der Waals surface area (Å²) in [5.74, 6) is 2.72. The van der Waals surface area contributed by atoms with Crippen LogP contribution in [-0.4, -0.2) is 17.0 Å². The van der Waals surface area contributed by atoms with Crippen LogP contribution in [0.4, 0.5) is 5.82 Å². The van der Waals surface area contributed by atoms with E-state index in [9.17, 15) is 0 Å². The number of anilines is 1. The lowest BCUT2D eigenvalue weighted by atomic mass is 10.0. The van der Waals surface area contributed by atoms with Crippen LogP contribution in [0.3, 0.4) is 0 Å². The van der Waals surface area contributed by atoms with Gasteiger partial charge in [-0.05, 0) is 12.8 Å². The van der Waals surface area contributed by atoms with Gasteiger partial charge in [-0.3, -0.25) is 0 Å². The lowest BCUT2D eigenvalue weighted by molar-refractivity contribution is 0.745. The Bertz CT molecular complexity index is 343. The predicted octanol–water partition coefficient (Wildman–Crippen LogP) is 3.07. The average molecular weight is 207 g/mol. The Morgan fingerprint density at radius 1 is 1.00 bits per heavy atom. The van der Waals surface area contributed by atoms with Crippen LogP contribution < -0.4 is 5.32 Å². The molecule has 0 aromatic carbocycles. The van der Waals surface area contributed by atoms with E-state index in [0.29, 0.717) is 11.8 Å². The van der Waals surface area contributed by atoms with Crippen LogP contribution in [0.25, 0.3) is 0 Å². The van der Waals surface area contributed by atoms with Crippen molar-refractivity contribution in [2.75, 3.05) is 12.4 Å². The molecule has 1 aromatic rings. The van der Waals surface area contributed by atoms with E-state index in [1.54, 1.807) is 0 Å². The fraction of sp³-hybridized carbons (Fsp3) is 0.667. The Hall–Kier alpha value is -1.12. The van der Waals surface area contributed by atoms with Crippen LogP contribution in [-0.2, 0) is 0 Å². The minimum absolute atomic E-state index is 0.372. The SMILES string of the molecule is CNc1nc(C(C)C)nc(C)c1C(C)C. The first kappa shape index (κ1) is 12.0. The van der Waals surface area contributed by atoms with Crippen molar-refractivity contribution in [3.05, 3.63) is 17.1 Å². The Morgan fingerprint density at radius 3 is 2.00 bits per heavy atom. The summed E-state index contributed by atoms with van der Waals surface area (Å²) in [6.07, 6.45) is 0. The summed E-state index contributed by atoms with van der Waals surface area (Å²) < 4.78 is 0. The average Bonchev–Trinajstić information content (AvgIpc) is 2.15. The summed E-state index contributed by atoms with van der Waals surface area (Å²) in [6, 6.07) is 0. The molecule has 1 N–H and O–H groups in total. The molecule has 0 saturated heterocycles. The minimum Gasteiger partial charge on any atom is -0.373 e. The highest BCUT2D eigenvalue weighted by Gasteiger charge is 2.14. The van der Waals surface area contributed by atoms with Gasteiger partial charge in [-0.1, -0.05) is 27.7 Å². The lowest BCUT2D eigenvalue weighted by Crippen LogP contribution is -2.09. The first-order chi connectivity index (χ1) is 6.97. The maximum Gasteiger partial charge on any atom is 0.133 e. The molecule has 0 fully saturated rings. The van der Waals surface area contributed by atoms with Crippen molar-refractivity contribution in [2.24, 2.45) is 0 Å². The summed E-state index contributed by atoms with van der Waals surface area (Å²) in [4.78, 5) is 9.10. The first-order valence-corrected chi connectivity index (χ1v) is 5.53. The molecule has 0 unspecified atom stereocenters. The van der Waals surface area contributed by atoms with Gasteiger partial charge in [0, 0.05) is 24.2 Å². The summed E-state index contributed by atoms with van der Waals surface area (Å²) in [5.41, 5.74) is 2.31. The van der Waals surface area contributed by atoms with Gasteiger partial charge in [-0.2, -0.15) is 0 Å². The fourth-order valence-electron chi connectivity index (χ4n) is 1.74. The highest BCUT2D eigenvalue weighted by atomic mass is 15.0. The Kier molecular flexibility index (Phi) is 3.66. The molecule has 0 amide bonds. The quantitative estimate of drug-likeness (QED) is 0.827. The van der Waals surface area contributed by atoms with E-state index in [2.05, 4.69) is 49.9 Å². The van der Waals surface area contributed by atoms with Crippen LogP contribution in [0, 0.1) is 6.92 Å². The standard InChI is InChI=1S/C12H21N3/c1-7(2)10-9(5)14-11(8(3)4)15-12(10)13-6/h7-8H,1-6H3,(H,13,14,15). The van der Waals surface area contributed by atoms with E-state index in [-0.39, 0.29) is 0 Å². The summed E-state index contributed by atoms with van der Waals surface area (Å²) in [5, 5.41) is 3.16. The van der Waals surface area contributed by atoms with Gasteiger partial charge in [-0.25, -0.2) is 9.97 Å². The maximum atomic E-state index is 4.55. The third kappa shape index (κ3) is 2.46. The molecular weight excluding hydrogens is 186 g/mol. The zero-order chi connectivity index (χ0) is 11.6. The Labute approximate surface area is 92.3 Å². The molecule has 0 aliphatic carbocycles. The van der Waals surface area contributed by atoms with Gasteiger partial charge < -0.3 is 5.32 Å². The van der Waals surface area contributed by atoms with Crippen LogP contribution in [0.15, 0.2) is 0 Å². The van der Waals surface area contributed by atoms with Gasteiger partial charge >= 0.3 is 0 Å². The van der Waals surface area contributed by atoms with Crippen LogP contribution in [0.5, 0.6) is 0 Å². The Morgan fingerprint density at radius 2 is 1.60 bits per heavy atom. The van der Waals surface area contributed by atoms with Crippen molar-refractivity contribution < 1.29 is 0 Å². The second-order valence-electron chi connectivity index (χ2n) is 4.49. The molecule has 0 radical (unpaired) electrons. The molecule has 15 heavy (non-hydrogen) atoms. The minimum atomic E-state index is 0.372. The normalized spacial score (nSPS) is 11.2. The number of rotatable bonds is 3. The van der Waals surface area contributed by atoms with Gasteiger partial charge in [0.1, 0.15) is 11.6 Å². The third-order valence-corrected chi connectivity index (χ3v) is 2.48. The van der Waals surface area contributed by atoms with Crippen LogP contribution in [0.1, 0.15) is 56.6 Å². The molecule has 1 aromatic heterocycles. The van der Waals surface area contributed by atoms with Gasteiger partial charge in [0.2, 0.25) is 0 Å². The van der Waals surface area contributed by atoms with Crippen LogP contribution >= 0.6 is 0 Å². The smallest absolute Gasteiger partial charge is 0.133 e. The van der Waals surface area contributed by atoms with Gasteiger partial charge in [0.15, 0.2) is 0 Å². The van der Waals surface area contributed by atoms with E-state index in [1.165, 1.54) is 5.56 Å². The number of hydrogen-bond donors (Lipinski definition) is 1.